The summed E-state index contributed by atoms with van der Waals surface area (Å²) < 4.78 is 37.8. The number of benzene rings is 1. The molecule has 0 spiro atoms. The summed E-state index contributed by atoms with van der Waals surface area (Å²) in [7, 11) is 0. The van der Waals surface area contributed by atoms with Gasteiger partial charge < -0.3 is 10.4 Å². The topological polar surface area (TPSA) is 79.3 Å². The molecule has 27 heavy (non-hydrogen) atoms. The Labute approximate surface area is 158 Å². The first-order valence-electron chi connectivity index (χ1n) is 8.02. The van der Waals surface area contributed by atoms with Crippen LogP contribution in [0, 0.1) is 5.41 Å². The van der Waals surface area contributed by atoms with Crippen LogP contribution in [0.1, 0.15) is 32.0 Å². The number of hydrogen-bond acceptors (Lipinski definition) is 4. The number of halogens is 3. The second-order valence-electron chi connectivity index (χ2n) is 7.10. The predicted octanol–water partition coefficient (Wildman–Crippen LogP) is 3.99. The minimum absolute atomic E-state index is 0.114. The average molecular weight is 400 g/mol. The number of hydrogen-bond donors (Lipinski definition) is 2. The highest BCUT2D eigenvalue weighted by molar-refractivity contribution is 7.13. The molecular formula is C18H19F3N2O3S. The summed E-state index contributed by atoms with van der Waals surface area (Å²) >= 11 is 1.20. The van der Waals surface area contributed by atoms with E-state index < -0.39 is 35.1 Å². The van der Waals surface area contributed by atoms with Gasteiger partial charge in [0.25, 0.3) is 0 Å². The van der Waals surface area contributed by atoms with Gasteiger partial charge >= 0.3 is 12.1 Å². The van der Waals surface area contributed by atoms with Gasteiger partial charge in [0, 0.05) is 10.9 Å². The van der Waals surface area contributed by atoms with Crippen LogP contribution in [0.4, 0.5) is 13.2 Å². The zero-order chi connectivity index (χ0) is 20.4. The molecule has 0 aliphatic heterocycles. The van der Waals surface area contributed by atoms with Gasteiger partial charge in [-0.15, -0.1) is 11.3 Å². The Hall–Kier alpha value is -2.42. The van der Waals surface area contributed by atoms with Crippen molar-refractivity contribution in [3.05, 3.63) is 40.9 Å². The lowest BCUT2D eigenvalue weighted by Crippen LogP contribution is -2.49. The number of nitrogens with zero attached hydrogens (tertiary/aromatic N) is 1. The van der Waals surface area contributed by atoms with E-state index in [-0.39, 0.29) is 6.42 Å². The number of thiazole rings is 1. The maximum atomic E-state index is 12.6. The average Bonchev–Trinajstić information content (AvgIpc) is 2.99. The molecule has 1 atom stereocenters. The molecule has 1 aromatic carbocycles. The van der Waals surface area contributed by atoms with Gasteiger partial charge in [0.1, 0.15) is 11.0 Å². The summed E-state index contributed by atoms with van der Waals surface area (Å²) in [6, 6.07) is 3.56. The van der Waals surface area contributed by atoms with Crippen molar-refractivity contribution in [3.8, 4) is 10.6 Å². The van der Waals surface area contributed by atoms with Crippen LogP contribution in [-0.4, -0.2) is 28.0 Å². The molecule has 1 aromatic heterocycles. The third-order valence-corrected chi connectivity index (χ3v) is 4.71. The largest absolute Gasteiger partial charge is 0.480 e. The van der Waals surface area contributed by atoms with E-state index in [2.05, 4.69) is 10.3 Å². The lowest BCUT2D eigenvalue weighted by Gasteiger charge is -2.27. The molecule has 0 bridgehead atoms. The summed E-state index contributed by atoms with van der Waals surface area (Å²) in [6.45, 7) is 5.12. The van der Waals surface area contributed by atoms with Gasteiger partial charge in [-0.2, -0.15) is 13.2 Å². The molecule has 2 aromatic rings. The van der Waals surface area contributed by atoms with E-state index in [9.17, 15) is 27.9 Å². The first-order chi connectivity index (χ1) is 12.4. The first kappa shape index (κ1) is 20.9. The minimum Gasteiger partial charge on any atom is -0.480 e. The quantitative estimate of drug-likeness (QED) is 0.796. The summed E-state index contributed by atoms with van der Waals surface area (Å²) in [5.74, 6) is -1.61. The normalized spacial score (nSPS) is 13.3. The van der Waals surface area contributed by atoms with E-state index >= 15 is 0 Å². The van der Waals surface area contributed by atoms with E-state index in [0.29, 0.717) is 16.3 Å². The van der Waals surface area contributed by atoms with Crippen molar-refractivity contribution in [1.29, 1.82) is 0 Å². The molecule has 9 heteroatoms. The fourth-order valence-electron chi connectivity index (χ4n) is 2.35. The van der Waals surface area contributed by atoms with E-state index in [1.54, 1.807) is 26.2 Å². The van der Waals surface area contributed by atoms with Crippen LogP contribution in [0.3, 0.4) is 0 Å². The van der Waals surface area contributed by atoms with Gasteiger partial charge in [-0.05, 0) is 17.5 Å². The SMILES string of the molecule is CC(C)(C)[C@H](NC(=O)Cc1csc(-c2ccc(C(F)(F)F)cc2)n1)C(=O)O. The van der Waals surface area contributed by atoms with E-state index in [1.807, 2.05) is 0 Å². The monoisotopic (exact) mass is 400 g/mol. The lowest BCUT2D eigenvalue weighted by molar-refractivity contribution is -0.144. The van der Waals surface area contributed by atoms with Crippen LogP contribution in [0.25, 0.3) is 10.6 Å². The Bertz CT molecular complexity index is 824. The molecule has 2 rings (SSSR count). The van der Waals surface area contributed by atoms with Crippen molar-refractivity contribution in [3.63, 3.8) is 0 Å². The number of amides is 1. The first-order valence-corrected chi connectivity index (χ1v) is 8.90. The highest BCUT2D eigenvalue weighted by Gasteiger charge is 2.32. The molecule has 5 nitrogen and oxygen atoms in total. The van der Waals surface area contributed by atoms with Crippen LogP contribution < -0.4 is 5.32 Å². The number of carbonyl (C=O) groups excluding carboxylic acids is 1. The zero-order valence-electron chi connectivity index (χ0n) is 14.9. The van der Waals surface area contributed by atoms with Crippen molar-refractivity contribution in [1.82, 2.24) is 10.3 Å². The zero-order valence-corrected chi connectivity index (χ0v) is 15.7. The summed E-state index contributed by atoms with van der Waals surface area (Å²) in [4.78, 5) is 27.7. The van der Waals surface area contributed by atoms with E-state index in [0.717, 1.165) is 12.1 Å². The van der Waals surface area contributed by atoms with Crippen LogP contribution >= 0.6 is 11.3 Å². The molecule has 2 N–H and O–H groups in total. The number of nitrogens with one attached hydrogen (secondary N) is 1. The Balaban J connectivity index is 2.07. The molecule has 0 saturated heterocycles. The molecule has 0 unspecified atom stereocenters. The number of alkyl halides is 3. The molecule has 0 aliphatic rings. The maximum absolute atomic E-state index is 12.6. The second-order valence-corrected chi connectivity index (χ2v) is 7.96. The number of carboxylic acids is 1. The molecule has 0 radical (unpaired) electrons. The van der Waals surface area contributed by atoms with Gasteiger partial charge in [-0.25, -0.2) is 9.78 Å². The summed E-state index contributed by atoms with van der Waals surface area (Å²) in [5, 5.41) is 13.8. The molecule has 0 fully saturated rings. The standard InChI is InChI=1S/C18H19F3N2O3S/c1-17(2,3)14(16(25)26)23-13(24)8-12-9-27-15(22-12)10-4-6-11(7-5-10)18(19,20)21/h4-7,9,14H,8H2,1-3H3,(H,23,24)(H,25,26)/t14-/m1/s1. The van der Waals surface area contributed by atoms with Gasteiger partial charge in [-0.1, -0.05) is 32.9 Å². The van der Waals surface area contributed by atoms with Gasteiger partial charge in [-0.3, -0.25) is 4.79 Å². The number of aromatic nitrogens is 1. The van der Waals surface area contributed by atoms with Gasteiger partial charge in [0.05, 0.1) is 17.7 Å². The number of carboxylic acid groups (broad SMARTS) is 1. The van der Waals surface area contributed by atoms with Crippen molar-refractivity contribution >= 4 is 23.2 Å². The smallest absolute Gasteiger partial charge is 0.416 e. The number of carbonyl (C=O) groups is 2. The van der Waals surface area contributed by atoms with Crippen LogP contribution in [0.2, 0.25) is 0 Å². The van der Waals surface area contributed by atoms with Crippen molar-refractivity contribution in [2.24, 2.45) is 5.41 Å². The van der Waals surface area contributed by atoms with Crippen LogP contribution in [0.15, 0.2) is 29.6 Å². The number of aliphatic carboxylic acids is 1. The van der Waals surface area contributed by atoms with E-state index in [4.69, 9.17) is 0 Å². The van der Waals surface area contributed by atoms with Crippen molar-refractivity contribution in [2.75, 3.05) is 0 Å². The second kappa shape index (κ2) is 7.67. The Morgan fingerprint density at radius 1 is 1.19 bits per heavy atom. The van der Waals surface area contributed by atoms with Crippen LogP contribution in [0.5, 0.6) is 0 Å². The molecule has 0 aliphatic carbocycles. The maximum Gasteiger partial charge on any atom is 0.416 e. The Kier molecular flexibility index (Phi) is 5.94. The molecule has 1 amide bonds. The van der Waals surface area contributed by atoms with E-state index in [1.165, 1.54) is 23.5 Å². The third-order valence-electron chi connectivity index (χ3n) is 3.77. The fraction of sp³-hybridized carbons (Fsp3) is 0.389. The summed E-state index contributed by atoms with van der Waals surface area (Å²) in [5.41, 5.74) is -0.470. The third kappa shape index (κ3) is 5.53. The van der Waals surface area contributed by atoms with Crippen LogP contribution in [-0.2, 0) is 22.2 Å². The Morgan fingerprint density at radius 2 is 1.78 bits per heavy atom. The highest BCUT2D eigenvalue weighted by atomic mass is 32.1. The van der Waals surface area contributed by atoms with Gasteiger partial charge in [0.15, 0.2) is 0 Å². The molecular weight excluding hydrogens is 381 g/mol. The fourth-order valence-corrected chi connectivity index (χ4v) is 3.17. The van der Waals surface area contributed by atoms with Gasteiger partial charge in [0.2, 0.25) is 5.91 Å². The van der Waals surface area contributed by atoms with Crippen molar-refractivity contribution < 1.29 is 27.9 Å². The van der Waals surface area contributed by atoms with Crippen molar-refractivity contribution in [2.45, 2.75) is 39.4 Å². The minimum atomic E-state index is -4.40. The molecule has 146 valence electrons. The summed E-state index contributed by atoms with van der Waals surface area (Å²) in [6.07, 6.45) is -4.52. The molecule has 0 saturated carbocycles. The highest BCUT2D eigenvalue weighted by Crippen LogP contribution is 2.31. The lowest BCUT2D eigenvalue weighted by atomic mass is 9.86. The Morgan fingerprint density at radius 3 is 2.26 bits per heavy atom. The predicted molar refractivity (Wildman–Crippen MR) is 95.3 cm³/mol. The number of rotatable bonds is 5. The molecule has 1 heterocycles.